The van der Waals surface area contributed by atoms with Gasteiger partial charge in [-0.3, -0.25) is 9.59 Å². The van der Waals surface area contributed by atoms with Crippen molar-refractivity contribution in [3.8, 4) is 0 Å². The summed E-state index contributed by atoms with van der Waals surface area (Å²) in [4.78, 5) is 24.6. The number of nitrogens with zero attached hydrogens (tertiary/aromatic N) is 1. The number of ketones is 1. The lowest BCUT2D eigenvalue weighted by atomic mass is 9.85. The zero-order valence-electron chi connectivity index (χ0n) is 9.03. The van der Waals surface area contributed by atoms with Crippen molar-refractivity contribution in [1.82, 2.24) is 4.90 Å². The highest BCUT2D eigenvalue weighted by Gasteiger charge is 2.41. The van der Waals surface area contributed by atoms with Gasteiger partial charge in [0.25, 0.3) is 0 Å². The van der Waals surface area contributed by atoms with E-state index in [1.165, 1.54) is 0 Å². The smallest absolute Gasteiger partial charge is 0.225 e. The van der Waals surface area contributed by atoms with Crippen LogP contribution in [0.25, 0.3) is 0 Å². The van der Waals surface area contributed by atoms with E-state index in [9.17, 15) is 14.7 Å². The molecule has 84 valence electrons. The van der Waals surface area contributed by atoms with Crippen LogP contribution in [0.3, 0.4) is 0 Å². The number of Topliss-reactive ketones (excluding diaryl/α,β-unsaturated/α-hetero) is 1. The largest absolute Gasteiger partial charge is 0.386 e. The third-order valence-corrected chi connectivity index (χ3v) is 3.27. The van der Waals surface area contributed by atoms with Crippen molar-refractivity contribution in [3.05, 3.63) is 0 Å². The molecule has 4 nitrogen and oxygen atoms in total. The van der Waals surface area contributed by atoms with E-state index in [0.29, 0.717) is 38.8 Å². The van der Waals surface area contributed by atoms with Crippen molar-refractivity contribution in [1.29, 1.82) is 0 Å². The van der Waals surface area contributed by atoms with Crippen molar-refractivity contribution in [3.63, 3.8) is 0 Å². The minimum absolute atomic E-state index is 0.0128. The summed E-state index contributed by atoms with van der Waals surface area (Å²) in [7, 11) is 0. The number of β-amino-alcohol motifs (C(OH)–C–C–N with tert-alkyl or cyclic N) is 1. The molecule has 0 aromatic heterocycles. The van der Waals surface area contributed by atoms with E-state index >= 15 is 0 Å². The predicted octanol–water partition coefficient (Wildman–Crippen LogP) is 0.339. The zero-order chi connectivity index (χ0) is 11.1. The Bertz CT molecular complexity index is 280. The molecule has 2 aliphatic rings. The Morgan fingerprint density at radius 2 is 1.93 bits per heavy atom. The number of carbonyl (C=O) groups excluding carboxylic acids is 2. The third kappa shape index (κ3) is 2.20. The van der Waals surface area contributed by atoms with Crippen LogP contribution >= 0.6 is 0 Å². The number of aliphatic hydroxyl groups is 1. The van der Waals surface area contributed by atoms with E-state index in [2.05, 4.69) is 0 Å². The maximum Gasteiger partial charge on any atom is 0.225 e. The maximum absolute atomic E-state index is 11.9. The number of hydrogen-bond donors (Lipinski definition) is 1. The molecule has 1 aliphatic heterocycles. The highest BCUT2D eigenvalue weighted by atomic mass is 16.3. The fourth-order valence-electron chi connectivity index (χ4n) is 2.38. The van der Waals surface area contributed by atoms with Gasteiger partial charge in [0.05, 0.1) is 18.7 Å². The molecule has 15 heavy (non-hydrogen) atoms. The van der Waals surface area contributed by atoms with Gasteiger partial charge in [-0.2, -0.15) is 0 Å². The summed E-state index contributed by atoms with van der Waals surface area (Å²) in [6, 6.07) is 0. The molecule has 2 rings (SSSR count). The lowest BCUT2D eigenvalue weighted by molar-refractivity contribution is -0.157. The lowest BCUT2D eigenvalue weighted by Crippen LogP contribution is -2.62. The van der Waals surface area contributed by atoms with Crippen LogP contribution in [0.15, 0.2) is 0 Å². The first-order valence-electron chi connectivity index (χ1n) is 5.51. The topological polar surface area (TPSA) is 57.6 Å². The van der Waals surface area contributed by atoms with E-state index in [-0.39, 0.29) is 17.6 Å². The number of hydrogen-bond acceptors (Lipinski definition) is 3. The van der Waals surface area contributed by atoms with Gasteiger partial charge in [-0.1, -0.05) is 0 Å². The van der Waals surface area contributed by atoms with Gasteiger partial charge < -0.3 is 10.0 Å². The molecule has 1 aliphatic carbocycles. The minimum Gasteiger partial charge on any atom is -0.386 e. The molecule has 0 atom stereocenters. The highest BCUT2D eigenvalue weighted by molar-refractivity contribution is 5.85. The first kappa shape index (κ1) is 10.6. The Kier molecular flexibility index (Phi) is 2.54. The number of likely N-dealkylation sites (tertiary alicyclic amines) is 1. The fourth-order valence-corrected chi connectivity index (χ4v) is 2.38. The molecule has 0 radical (unpaired) electrons. The molecule has 0 aromatic rings. The standard InChI is InChI=1S/C11H17NO3/c1-11(15)6-12(7-11)10(14)8-2-4-9(13)5-3-8/h8,15H,2-7H2,1H3. The van der Waals surface area contributed by atoms with Crippen molar-refractivity contribution in [2.24, 2.45) is 5.92 Å². The van der Waals surface area contributed by atoms with Crippen LogP contribution in [0.5, 0.6) is 0 Å². The summed E-state index contributed by atoms with van der Waals surface area (Å²) in [6.07, 6.45) is 2.47. The summed E-state index contributed by atoms with van der Waals surface area (Å²) in [6.45, 7) is 2.62. The number of amides is 1. The minimum atomic E-state index is -0.694. The molecular formula is C11H17NO3. The molecule has 2 fully saturated rings. The monoisotopic (exact) mass is 211 g/mol. The maximum atomic E-state index is 11.9. The van der Waals surface area contributed by atoms with Crippen molar-refractivity contribution in [2.75, 3.05) is 13.1 Å². The van der Waals surface area contributed by atoms with E-state index in [1.54, 1.807) is 11.8 Å². The molecule has 1 N–H and O–H groups in total. The van der Waals surface area contributed by atoms with E-state index in [1.807, 2.05) is 0 Å². The van der Waals surface area contributed by atoms with Gasteiger partial charge in [-0.15, -0.1) is 0 Å². The summed E-state index contributed by atoms with van der Waals surface area (Å²) in [5, 5.41) is 9.52. The van der Waals surface area contributed by atoms with Crippen molar-refractivity contribution >= 4 is 11.7 Å². The van der Waals surface area contributed by atoms with Gasteiger partial charge >= 0.3 is 0 Å². The summed E-state index contributed by atoms with van der Waals surface area (Å²) >= 11 is 0. The Morgan fingerprint density at radius 3 is 2.40 bits per heavy atom. The molecule has 0 aromatic carbocycles. The van der Waals surface area contributed by atoms with E-state index < -0.39 is 5.60 Å². The fraction of sp³-hybridized carbons (Fsp3) is 0.818. The van der Waals surface area contributed by atoms with Gasteiger partial charge in [0, 0.05) is 18.8 Å². The van der Waals surface area contributed by atoms with Crippen LogP contribution in [-0.4, -0.2) is 40.4 Å². The Hall–Kier alpha value is -0.900. The molecule has 0 bridgehead atoms. The molecule has 0 spiro atoms. The van der Waals surface area contributed by atoms with Crippen LogP contribution in [0.4, 0.5) is 0 Å². The lowest BCUT2D eigenvalue weighted by Gasteiger charge is -2.45. The van der Waals surface area contributed by atoms with Crippen LogP contribution in [-0.2, 0) is 9.59 Å². The second kappa shape index (κ2) is 3.59. The SMILES string of the molecule is CC1(O)CN(C(=O)C2CCC(=O)CC2)C1. The van der Waals surface area contributed by atoms with Gasteiger partial charge in [-0.05, 0) is 19.8 Å². The molecule has 1 heterocycles. The molecule has 1 saturated heterocycles. The summed E-state index contributed by atoms with van der Waals surface area (Å²) in [5.41, 5.74) is -0.694. The molecule has 1 saturated carbocycles. The van der Waals surface area contributed by atoms with Crippen LogP contribution in [0, 0.1) is 5.92 Å². The van der Waals surface area contributed by atoms with Crippen LogP contribution in [0.2, 0.25) is 0 Å². The molecule has 0 unspecified atom stereocenters. The zero-order valence-corrected chi connectivity index (χ0v) is 9.03. The van der Waals surface area contributed by atoms with Crippen molar-refractivity contribution < 1.29 is 14.7 Å². The second-order valence-corrected chi connectivity index (χ2v) is 5.00. The summed E-state index contributed by atoms with van der Waals surface area (Å²) in [5.74, 6) is 0.405. The van der Waals surface area contributed by atoms with Crippen LogP contribution in [0.1, 0.15) is 32.6 Å². The third-order valence-electron chi connectivity index (χ3n) is 3.27. The van der Waals surface area contributed by atoms with Gasteiger partial charge in [0.15, 0.2) is 0 Å². The average Bonchev–Trinajstić information content (AvgIpc) is 2.14. The number of rotatable bonds is 1. The Labute approximate surface area is 89.3 Å². The van der Waals surface area contributed by atoms with E-state index in [0.717, 1.165) is 0 Å². The molecule has 1 amide bonds. The summed E-state index contributed by atoms with van der Waals surface area (Å²) < 4.78 is 0. The van der Waals surface area contributed by atoms with E-state index in [4.69, 9.17) is 0 Å². The van der Waals surface area contributed by atoms with Crippen molar-refractivity contribution in [2.45, 2.75) is 38.2 Å². The van der Waals surface area contributed by atoms with Crippen LogP contribution < -0.4 is 0 Å². The second-order valence-electron chi connectivity index (χ2n) is 5.00. The van der Waals surface area contributed by atoms with Gasteiger partial charge in [0.1, 0.15) is 5.78 Å². The molecule has 4 heteroatoms. The van der Waals surface area contributed by atoms with Gasteiger partial charge in [-0.25, -0.2) is 0 Å². The Morgan fingerprint density at radius 1 is 1.40 bits per heavy atom. The van der Waals surface area contributed by atoms with Gasteiger partial charge in [0.2, 0.25) is 5.91 Å². The first-order valence-corrected chi connectivity index (χ1v) is 5.51. The normalized spacial score (nSPS) is 26.3. The Balaban J connectivity index is 1.85. The molecular weight excluding hydrogens is 194 g/mol. The quantitative estimate of drug-likeness (QED) is 0.680. The highest BCUT2D eigenvalue weighted by Crippen LogP contribution is 2.28. The average molecular weight is 211 g/mol. The number of carbonyl (C=O) groups is 2. The first-order chi connectivity index (χ1) is 6.98. The predicted molar refractivity (Wildman–Crippen MR) is 54.2 cm³/mol.